The van der Waals surface area contributed by atoms with Crippen LogP contribution in [-0.2, 0) is 23.3 Å². The van der Waals surface area contributed by atoms with Crippen LogP contribution in [0.5, 0.6) is 0 Å². The number of fused-ring (bicyclic) bond motifs is 3. The number of thiophene rings is 1. The van der Waals surface area contributed by atoms with Crippen LogP contribution in [0.4, 0.5) is 0 Å². The molecular formula is C21H22N2OS. The van der Waals surface area contributed by atoms with Crippen LogP contribution >= 0.6 is 11.3 Å². The smallest absolute Gasteiger partial charge is 0.0966 e. The van der Waals surface area contributed by atoms with Crippen LogP contribution in [0.15, 0.2) is 47.8 Å². The molecule has 0 amide bonds. The van der Waals surface area contributed by atoms with Crippen LogP contribution < -0.4 is 0 Å². The zero-order valence-electron chi connectivity index (χ0n) is 14.3. The van der Waals surface area contributed by atoms with Gasteiger partial charge in [0, 0.05) is 36.3 Å². The molecule has 0 radical (unpaired) electrons. The molecule has 1 spiro atoms. The van der Waals surface area contributed by atoms with Crippen molar-refractivity contribution in [1.29, 1.82) is 0 Å². The predicted molar refractivity (Wildman–Crippen MR) is 102 cm³/mol. The van der Waals surface area contributed by atoms with Crippen molar-refractivity contribution >= 4 is 22.2 Å². The average Bonchev–Trinajstić information content (AvgIpc) is 3.14. The first kappa shape index (κ1) is 15.5. The van der Waals surface area contributed by atoms with Gasteiger partial charge >= 0.3 is 0 Å². The van der Waals surface area contributed by atoms with E-state index in [1.54, 1.807) is 0 Å². The van der Waals surface area contributed by atoms with Crippen molar-refractivity contribution < 1.29 is 4.74 Å². The maximum atomic E-state index is 6.31. The van der Waals surface area contributed by atoms with Gasteiger partial charge in [-0.1, -0.05) is 24.3 Å². The van der Waals surface area contributed by atoms with Crippen molar-refractivity contribution in [3.63, 3.8) is 0 Å². The Morgan fingerprint density at radius 3 is 2.88 bits per heavy atom. The molecule has 0 saturated carbocycles. The van der Waals surface area contributed by atoms with E-state index in [2.05, 4.69) is 52.7 Å². The van der Waals surface area contributed by atoms with Gasteiger partial charge in [-0.15, -0.1) is 11.3 Å². The lowest BCUT2D eigenvalue weighted by Crippen LogP contribution is -2.45. The van der Waals surface area contributed by atoms with Crippen molar-refractivity contribution in [3.8, 4) is 0 Å². The molecule has 5 rings (SSSR count). The number of hydrogen-bond acceptors (Lipinski definition) is 4. The Labute approximate surface area is 152 Å². The minimum atomic E-state index is -0.0269. The summed E-state index contributed by atoms with van der Waals surface area (Å²) >= 11 is 1.89. The number of piperidine rings is 1. The molecule has 4 heteroatoms. The monoisotopic (exact) mass is 350 g/mol. The molecule has 0 atom stereocenters. The number of rotatable bonds is 2. The number of aromatic nitrogens is 1. The molecule has 2 aliphatic rings. The van der Waals surface area contributed by atoms with Gasteiger partial charge in [-0.25, -0.2) is 0 Å². The molecule has 0 aliphatic carbocycles. The zero-order valence-corrected chi connectivity index (χ0v) is 15.1. The molecule has 2 aromatic heterocycles. The van der Waals surface area contributed by atoms with Crippen molar-refractivity contribution in [3.05, 3.63) is 64.0 Å². The Balaban J connectivity index is 1.31. The summed E-state index contributed by atoms with van der Waals surface area (Å²) in [7, 11) is 0. The van der Waals surface area contributed by atoms with Crippen LogP contribution in [0.1, 0.15) is 29.0 Å². The molecule has 0 bridgehead atoms. The number of benzene rings is 1. The van der Waals surface area contributed by atoms with Crippen LogP contribution in [0, 0.1) is 0 Å². The third kappa shape index (κ3) is 2.78. The highest BCUT2D eigenvalue weighted by molar-refractivity contribution is 7.10. The summed E-state index contributed by atoms with van der Waals surface area (Å²) in [5, 5.41) is 3.44. The van der Waals surface area contributed by atoms with E-state index in [9.17, 15) is 0 Å². The molecule has 1 saturated heterocycles. The Morgan fingerprint density at radius 1 is 1.08 bits per heavy atom. The molecule has 1 fully saturated rings. The van der Waals surface area contributed by atoms with Gasteiger partial charge in [0.05, 0.1) is 23.4 Å². The molecule has 0 N–H and O–H groups in total. The lowest BCUT2D eigenvalue weighted by Gasteiger charge is -2.44. The highest BCUT2D eigenvalue weighted by atomic mass is 32.1. The summed E-state index contributed by atoms with van der Waals surface area (Å²) in [5.41, 5.74) is 3.69. The second-order valence-electron chi connectivity index (χ2n) is 7.12. The standard InChI is InChI=1S/C21H22N2OS/c1-2-4-19-16(3-1)5-6-17(22-19)15-23-11-9-21(10-12-23)18-8-14-25-20(18)7-13-24-21/h1-6,8,14H,7,9-13,15H2. The second-order valence-corrected chi connectivity index (χ2v) is 8.12. The molecule has 3 nitrogen and oxygen atoms in total. The van der Waals surface area contributed by atoms with Crippen molar-refractivity contribution in [2.45, 2.75) is 31.4 Å². The van der Waals surface area contributed by atoms with Gasteiger partial charge < -0.3 is 4.74 Å². The molecule has 1 aromatic carbocycles. The number of hydrogen-bond donors (Lipinski definition) is 0. The lowest BCUT2D eigenvalue weighted by molar-refractivity contribution is -0.0981. The molecule has 25 heavy (non-hydrogen) atoms. The maximum Gasteiger partial charge on any atom is 0.0966 e. The third-order valence-electron chi connectivity index (χ3n) is 5.65. The van der Waals surface area contributed by atoms with Crippen LogP contribution in [0.25, 0.3) is 10.9 Å². The summed E-state index contributed by atoms with van der Waals surface area (Å²) in [6, 6.07) is 15.0. The van der Waals surface area contributed by atoms with Gasteiger partial charge in [0.25, 0.3) is 0 Å². The van der Waals surface area contributed by atoms with Crippen LogP contribution in [0.3, 0.4) is 0 Å². The molecule has 3 aromatic rings. The first-order chi connectivity index (χ1) is 12.3. The summed E-state index contributed by atoms with van der Waals surface area (Å²) in [5.74, 6) is 0. The minimum Gasteiger partial charge on any atom is -0.370 e. The van der Waals surface area contributed by atoms with Gasteiger partial charge in [-0.05, 0) is 42.0 Å². The van der Waals surface area contributed by atoms with Gasteiger partial charge in [0.2, 0.25) is 0 Å². The third-order valence-corrected chi connectivity index (χ3v) is 6.63. The van der Waals surface area contributed by atoms with E-state index >= 15 is 0 Å². The molecular weight excluding hydrogens is 328 g/mol. The zero-order chi connectivity index (χ0) is 16.7. The van der Waals surface area contributed by atoms with E-state index in [1.165, 1.54) is 15.8 Å². The average molecular weight is 350 g/mol. The number of pyridine rings is 1. The molecule has 2 aliphatic heterocycles. The van der Waals surface area contributed by atoms with Gasteiger partial charge in [0.15, 0.2) is 0 Å². The molecule has 0 unspecified atom stereocenters. The van der Waals surface area contributed by atoms with Crippen molar-refractivity contribution in [2.24, 2.45) is 0 Å². The fourth-order valence-electron chi connectivity index (χ4n) is 4.27. The fourth-order valence-corrected chi connectivity index (χ4v) is 5.22. The summed E-state index contributed by atoms with van der Waals surface area (Å²) in [6.07, 6.45) is 3.26. The highest BCUT2D eigenvalue weighted by Crippen LogP contribution is 2.43. The summed E-state index contributed by atoms with van der Waals surface area (Å²) in [4.78, 5) is 8.89. The van der Waals surface area contributed by atoms with E-state index in [1.807, 2.05) is 11.3 Å². The van der Waals surface area contributed by atoms with Crippen LogP contribution in [0.2, 0.25) is 0 Å². The Kier molecular flexibility index (Phi) is 3.85. The number of likely N-dealkylation sites (tertiary alicyclic amines) is 1. The van der Waals surface area contributed by atoms with Crippen LogP contribution in [-0.4, -0.2) is 29.6 Å². The predicted octanol–water partition coefficient (Wildman–Crippen LogP) is 4.36. The minimum absolute atomic E-state index is 0.0269. The van der Waals surface area contributed by atoms with E-state index < -0.39 is 0 Å². The SMILES string of the molecule is c1ccc2nc(CN3CCC4(CC3)OCCc3sccc34)ccc2c1. The number of ether oxygens (including phenoxy) is 1. The van der Waals surface area contributed by atoms with Crippen molar-refractivity contribution in [1.82, 2.24) is 9.88 Å². The summed E-state index contributed by atoms with van der Waals surface area (Å²) in [6.45, 7) is 3.95. The van der Waals surface area contributed by atoms with Gasteiger partial charge in [-0.3, -0.25) is 9.88 Å². The van der Waals surface area contributed by atoms with Gasteiger partial charge in [-0.2, -0.15) is 0 Å². The Morgan fingerprint density at radius 2 is 1.96 bits per heavy atom. The Bertz CT molecular complexity index is 896. The second kappa shape index (κ2) is 6.20. The van der Waals surface area contributed by atoms with E-state index in [0.29, 0.717) is 0 Å². The highest BCUT2D eigenvalue weighted by Gasteiger charge is 2.41. The van der Waals surface area contributed by atoms with Crippen molar-refractivity contribution in [2.75, 3.05) is 19.7 Å². The quantitative estimate of drug-likeness (QED) is 0.687. The first-order valence-electron chi connectivity index (χ1n) is 9.10. The van der Waals surface area contributed by atoms with Gasteiger partial charge in [0.1, 0.15) is 0 Å². The fraction of sp³-hybridized carbons (Fsp3) is 0.381. The van der Waals surface area contributed by atoms with E-state index in [4.69, 9.17) is 9.72 Å². The first-order valence-corrected chi connectivity index (χ1v) is 9.98. The maximum absolute atomic E-state index is 6.31. The summed E-state index contributed by atoms with van der Waals surface area (Å²) < 4.78 is 6.31. The number of para-hydroxylation sites is 1. The largest absolute Gasteiger partial charge is 0.370 e. The normalized spacial score (nSPS) is 20.0. The number of nitrogens with zero attached hydrogens (tertiary/aromatic N) is 2. The molecule has 128 valence electrons. The lowest BCUT2D eigenvalue weighted by atomic mass is 9.82. The van der Waals surface area contributed by atoms with E-state index in [-0.39, 0.29) is 5.60 Å². The topological polar surface area (TPSA) is 25.4 Å². The Hall–Kier alpha value is -1.75. The molecule has 4 heterocycles. The van der Waals surface area contributed by atoms with E-state index in [0.717, 1.165) is 56.7 Å².